The second-order valence-corrected chi connectivity index (χ2v) is 10.3. The second kappa shape index (κ2) is 9.53. The van der Waals surface area contributed by atoms with Gasteiger partial charge in [0.15, 0.2) is 0 Å². The normalized spacial score (nSPS) is 30.9. The monoisotopic (exact) mass is 455 g/mol. The van der Waals surface area contributed by atoms with Crippen LogP contribution in [0.2, 0.25) is 0 Å². The molecule has 2 N–H and O–H groups in total. The van der Waals surface area contributed by atoms with Crippen molar-refractivity contribution in [3.8, 4) is 0 Å². The molecule has 1 aromatic carbocycles. The van der Waals surface area contributed by atoms with Crippen molar-refractivity contribution in [2.75, 3.05) is 0 Å². The lowest BCUT2D eigenvalue weighted by molar-refractivity contribution is -0.136. The van der Waals surface area contributed by atoms with Crippen LogP contribution in [-0.4, -0.2) is 46.9 Å². The zero-order valence-electron chi connectivity index (χ0n) is 19.2. The molecular formula is C26H34FN3O3. The maximum Gasteiger partial charge on any atom is 0.255 e. The molecule has 0 aromatic heterocycles. The van der Waals surface area contributed by atoms with Crippen molar-refractivity contribution in [2.24, 2.45) is 5.92 Å². The van der Waals surface area contributed by atoms with Gasteiger partial charge in [0.2, 0.25) is 11.8 Å². The fourth-order valence-electron chi connectivity index (χ4n) is 6.30. The van der Waals surface area contributed by atoms with Crippen LogP contribution in [0.1, 0.15) is 85.7 Å². The van der Waals surface area contributed by atoms with Gasteiger partial charge < -0.3 is 10.2 Å². The summed E-state index contributed by atoms with van der Waals surface area (Å²) in [7, 11) is 0. The molecular weight excluding hydrogens is 421 g/mol. The van der Waals surface area contributed by atoms with Crippen LogP contribution in [0.15, 0.2) is 18.2 Å². The van der Waals surface area contributed by atoms with Crippen LogP contribution in [0, 0.1) is 5.92 Å². The molecule has 2 aliphatic carbocycles. The van der Waals surface area contributed by atoms with Crippen LogP contribution in [0.3, 0.4) is 0 Å². The number of nitrogens with one attached hydrogen (secondary N) is 2. The standard InChI is InChI=1S/C26H34FN3O3/c27-21-8-4-5-17(24(21)28-19-6-2-1-3-7-19)13-16-9-10-20-18(14-16)15-30(26(20)33)22-11-12-23(31)29-25(22)32/h9-10,14,17,19,21-22,24,28H,1-8,11-13,15H2,(H,29,31,32)/t17-,21+,22?,24-/m1/s1. The highest BCUT2D eigenvalue weighted by atomic mass is 19.1. The highest BCUT2D eigenvalue weighted by Gasteiger charge is 2.39. The Kier molecular flexibility index (Phi) is 6.50. The molecule has 5 rings (SSSR count). The van der Waals surface area contributed by atoms with Crippen molar-refractivity contribution in [1.29, 1.82) is 0 Å². The fourth-order valence-corrected chi connectivity index (χ4v) is 6.30. The summed E-state index contributed by atoms with van der Waals surface area (Å²) in [4.78, 5) is 38.3. The molecule has 33 heavy (non-hydrogen) atoms. The first-order chi connectivity index (χ1) is 16.0. The van der Waals surface area contributed by atoms with Gasteiger partial charge in [0.05, 0.1) is 0 Å². The first-order valence-electron chi connectivity index (χ1n) is 12.7. The van der Waals surface area contributed by atoms with Crippen LogP contribution in [-0.2, 0) is 22.6 Å². The molecule has 3 amide bonds. The highest BCUT2D eigenvalue weighted by molar-refractivity contribution is 6.05. The van der Waals surface area contributed by atoms with E-state index in [2.05, 4.69) is 16.7 Å². The van der Waals surface area contributed by atoms with E-state index < -0.39 is 12.2 Å². The van der Waals surface area contributed by atoms with E-state index in [9.17, 15) is 18.8 Å². The Balaban J connectivity index is 1.28. The third-order valence-corrected chi connectivity index (χ3v) is 8.07. The van der Waals surface area contributed by atoms with E-state index in [1.807, 2.05) is 12.1 Å². The van der Waals surface area contributed by atoms with E-state index in [4.69, 9.17) is 0 Å². The first kappa shape index (κ1) is 22.5. The molecule has 1 unspecified atom stereocenters. The van der Waals surface area contributed by atoms with Gasteiger partial charge in [0, 0.05) is 30.6 Å². The largest absolute Gasteiger partial charge is 0.322 e. The average molecular weight is 456 g/mol. The van der Waals surface area contributed by atoms with Gasteiger partial charge in [0.25, 0.3) is 5.91 Å². The van der Waals surface area contributed by atoms with E-state index in [0.717, 1.165) is 43.2 Å². The van der Waals surface area contributed by atoms with Crippen LogP contribution >= 0.6 is 0 Å². The summed E-state index contributed by atoms with van der Waals surface area (Å²) in [6.45, 7) is 0.383. The van der Waals surface area contributed by atoms with Gasteiger partial charge >= 0.3 is 0 Å². The van der Waals surface area contributed by atoms with Gasteiger partial charge in [-0.15, -0.1) is 0 Å². The SMILES string of the molecule is O=C1CCC(N2Cc3cc(C[C@H]4CCC[C@H](F)[C@@H]4NC4CCCCC4)ccc3C2=O)C(=O)N1. The maximum atomic E-state index is 15.0. The molecule has 178 valence electrons. The molecule has 2 aliphatic heterocycles. The molecule has 7 heteroatoms. The Hall–Kier alpha value is -2.28. The van der Waals surface area contributed by atoms with Gasteiger partial charge in [-0.05, 0) is 61.6 Å². The number of halogens is 1. The summed E-state index contributed by atoms with van der Waals surface area (Å²) in [6, 6.07) is 5.65. The summed E-state index contributed by atoms with van der Waals surface area (Å²) in [6.07, 6.45) is 9.23. The molecule has 3 fully saturated rings. The minimum Gasteiger partial charge on any atom is -0.322 e. The van der Waals surface area contributed by atoms with E-state index in [1.165, 1.54) is 19.3 Å². The number of piperidine rings is 1. The topological polar surface area (TPSA) is 78.5 Å². The first-order valence-corrected chi connectivity index (χ1v) is 12.7. The number of alkyl halides is 1. The second-order valence-electron chi connectivity index (χ2n) is 10.3. The number of hydrogen-bond donors (Lipinski definition) is 2. The van der Waals surface area contributed by atoms with Gasteiger partial charge in [-0.1, -0.05) is 37.8 Å². The number of carbonyl (C=O) groups is 3. The van der Waals surface area contributed by atoms with Gasteiger partial charge in [-0.25, -0.2) is 4.39 Å². The lowest BCUT2D eigenvalue weighted by Gasteiger charge is -2.38. The molecule has 0 radical (unpaired) electrons. The summed E-state index contributed by atoms with van der Waals surface area (Å²) < 4.78 is 15.0. The number of fused-ring (bicyclic) bond motifs is 1. The van der Waals surface area contributed by atoms with Gasteiger partial charge in [-0.3, -0.25) is 19.7 Å². The fraction of sp³-hybridized carbons (Fsp3) is 0.654. The Morgan fingerprint density at radius 2 is 1.82 bits per heavy atom. The number of amides is 3. The number of nitrogens with zero attached hydrogens (tertiary/aromatic N) is 1. The zero-order valence-corrected chi connectivity index (χ0v) is 19.2. The van der Waals surface area contributed by atoms with Crippen molar-refractivity contribution in [2.45, 2.75) is 101 Å². The smallest absolute Gasteiger partial charge is 0.255 e. The van der Waals surface area contributed by atoms with E-state index in [1.54, 1.807) is 4.90 Å². The third-order valence-electron chi connectivity index (χ3n) is 8.07. The van der Waals surface area contributed by atoms with E-state index >= 15 is 0 Å². The molecule has 2 heterocycles. The number of carbonyl (C=O) groups excluding carboxylic acids is 3. The average Bonchev–Trinajstić information content (AvgIpc) is 3.12. The minimum absolute atomic E-state index is 0.100. The molecule has 1 aromatic rings. The maximum absolute atomic E-state index is 15.0. The Labute approximate surface area is 194 Å². The molecule has 6 nitrogen and oxygen atoms in total. The van der Waals surface area contributed by atoms with Crippen LogP contribution in [0.5, 0.6) is 0 Å². The predicted molar refractivity (Wildman–Crippen MR) is 122 cm³/mol. The Morgan fingerprint density at radius 1 is 1.00 bits per heavy atom. The van der Waals surface area contributed by atoms with Crippen molar-refractivity contribution < 1.29 is 18.8 Å². The number of hydrogen-bond acceptors (Lipinski definition) is 4. The molecule has 0 bridgehead atoms. The molecule has 0 spiro atoms. The zero-order chi connectivity index (χ0) is 22.9. The van der Waals surface area contributed by atoms with Crippen molar-refractivity contribution in [3.05, 3.63) is 34.9 Å². The van der Waals surface area contributed by atoms with Crippen LogP contribution in [0.25, 0.3) is 0 Å². The molecule has 4 atom stereocenters. The number of rotatable bonds is 5. The Morgan fingerprint density at radius 3 is 2.61 bits per heavy atom. The summed E-state index contributed by atoms with van der Waals surface area (Å²) in [5.41, 5.74) is 2.68. The summed E-state index contributed by atoms with van der Waals surface area (Å²) in [5.74, 6) is -0.570. The number of benzene rings is 1. The minimum atomic E-state index is -0.801. The Bertz CT molecular complexity index is 929. The predicted octanol–water partition coefficient (Wildman–Crippen LogP) is 3.42. The number of imide groups is 1. The summed E-state index contributed by atoms with van der Waals surface area (Å²) in [5, 5.41) is 6.03. The van der Waals surface area contributed by atoms with Crippen LogP contribution in [0.4, 0.5) is 4.39 Å². The van der Waals surface area contributed by atoms with Gasteiger partial charge in [0.1, 0.15) is 12.2 Å². The quantitative estimate of drug-likeness (QED) is 0.667. The lowest BCUT2D eigenvalue weighted by Crippen LogP contribution is -2.52. The van der Waals surface area contributed by atoms with Gasteiger partial charge in [-0.2, -0.15) is 0 Å². The van der Waals surface area contributed by atoms with Crippen LogP contribution < -0.4 is 10.6 Å². The van der Waals surface area contributed by atoms with Crippen molar-refractivity contribution in [1.82, 2.24) is 15.5 Å². The van der Waals surface area contributed by atoms with E-state index in [0.29, 0.717) is 31.0 Å². The lowest BCUT2D eigenvalue weighted by atomic mass is 9.78. The molecule has 1 saturated heterocycles. The van der Waals surface area contributed by atoms with E-state index in [-0.39, 0.29) is 36.1 Å². The van der Waals surface area contributed by atoms with Crippen molar-refractivity contribution in [3.63, 3.8) is 0 Å². The third kappa shape index (κ3) is 4.70. The summed E-state index contributed by atoms with van der Waals surface area (Å²) >= 11 is 0. The molecule has 2 saturated carbocycles. The highest BCUT2D eigenvalue weighted by Crippen LogP contribution is 2.33. The van der Waals surface area contributed by atoms with Crippen molar-refractivity contribution >= 4 is 17.7 Å². The molecule has 4 aliphatic rings.